The summed E-state index contributed by atoms with van der Waals surface area (Å²) in [5.74, 6) is 0.504. The zero-order chi connectivity index (χ0) is 18.0. The molecule has 2 heterocycles. The molecule has 0 saturated carbocycles. The summed E-state index contributed by atoms with van der Waals surface area (Å²) in [5.41, 5.74) is 4.17. The van der Waals surface area contributed by atoms with E-state index in [1.807, 2.05) is 19.1 Å². The second kappa shape index (κ2) is 7.46. The second-order valence-corrected chi connectivity index (χ2v) is 6.67. The highest BCUT2D eigenvalue weighted by Crippen LogP contribution is 2.31. The molecule has 0 amide bonds. The van der Waals surface area contributed by atoms with Gasteiger partial charge in [-0.2, -0.15) is 5.10 Å². The average Bonchev–Trinajstić information content (AvgIpc) is 2.84. The molecular weight excluding hydrogens is 357 g/mol. The van der Waals surface area contributed by atoms with Crippen molar-refractivity contribution >= 4 is 34.1 Å². The summed E-state index contributed by atoms with van der Waals surface area (Å²) in [5, 5.41) is 10.5. The van der Waals surface area contributed by atoms with Crippen molar-refractivity contribution in [3.05, 3.63) is 63.4 Å². The summed E-state index contributed by atoms with van der Waals surface area (Å²) < 4.78 is 8.16. The van der Waals surface area contributed by atoms with Crippen LogP contribution in [-0.2, 0) is 13.2 Å². The minimum Gasteiger partial charge on any atom is -0.470 e. The molecule has 4 nitrogen and oxygen atoms in total. The van der Waals surface area contributed by atoms with Crippen LogP contribution >= 0.6 is 23.2 Å². The van der Waals surface area contributed by atoms with Crippen molar-refractivity contribution in [1.82, 2.24) is 14.8 Å². The van der Waals surface area contributed by atoms with Crippen molar-refractivity contribution in [3.63, 3.8) is 0 Å². The van der Waals surface area contributed by atoms with Crippen LogP contribution in [0.2, 0.25) is 10.0 Å². The molecule has 0 radical (unpaired) electrons. The number of benzene rings is 1. The summed E-state index contributed by atoms with van der Waals surface area (Å²) in [4.78, 5) is 0. The van der Waals surface area contributed by atoms with Gasteiger partial charge in [0, 0.05) is 33.2 Å². The van der Waals surface area contributed by atoms with E-state index in [-0.39, 0.29) is 0 Å². The average molecular weight is 376 g/mol. The molecule has 0 N–H and O–H groups in total. The highest BCUT2D eigenvalue weighted by Gasteiger charge is 2.16. The van der Waals surface area contributed by atoms with Crippen molar-refractivity contribution in [1.29, 1.82) is 0 Å². The molecule has 0 aliphatic rings. The molecule has 3 aromatic rings. The Kier molecular flexibility index (Phi) is 5.30. The molecule has 0 aliphatic carbocycles. The maximum Gasteiger partial charge on any atom is 0.258 e. The molecule has 3 rings (SSSR count). The Balaban J connectivity index is 1.99. The van der Waals surface area contributed by atoms with E-state index in [4.69, 9.17) is 27.9 Å². The van der Waals surface area contributed by atoms with Gasteiger partial charge < -0.3 is 9.30 Å². The van der Waals surface area contributed by atoms with Gasteiger partial charge in [0.15, 0.2) is 0 Å². The van der Waals surface area contributed by atoms with Gasteiger partial charge in [-0.3, -0.25) is 0 Å². The standard InChI is InChI=1S/C19H19Cl2N3O/c1-4-5-8-24-13(3)12(2)16-10-22-23-19(18(16)24)25-11-14-6-7-15(20)9-17(14)21/h4-7,9-10H,8,11H2,1-3H3/b5-4+. The summed E-state index contributed by atoms with van der Waals surface area (Å²) in [7, 11) is 0. The number of aromatic nitrogens is 3. The fraction of sp³-hybridized carbons (Fsp3) is 0.263. The smallest absolute Gasteiger partial charge is 0.258 e. The zero-order valence-electron chi connectivity index (χ0n) is 14.4. The van der Waals surface area contributed by atoms with Gasteiger partial charge in [-0.25, -0.2) is 0 Å². The Bertz CT molecular complexity index is 947. The number of hydrogen-bond donors (Lipinski definition) is 0. The maximum atomic E-state index is 6.23. The van der Waals surface area contributed by atoms with Crippen molar-refractivity contribution in [2.45, 2.75) is 33.9 Å². The molecule has 0 saturated heterocycles. The van der Waals surface area contributed by atoms with Gasteiger partial charge in [0.2, 0.25) is 0 Å². The number of allylic oxidation sites excluding steroid dienone is 2. The molecule has 0 atom stereocenters. The van der Waals surface area contributed by atoms with Crippen LogP contribution in [0.15, 0.2) is 36.5 Å². The molecule has 0 spiro atoms. The van der Waals surface area contributed by atoms with Crippen molar-refractivity contribution in [2.24, 2.45) is 0 Å². The minimum absolute atomic E-state index is 0.302. The van der Waals surface area contributed by atoms with Crippen LogP contribution in [0.1, 0.15) is 23.7 Å². The largest absolute Gasteiger partial charge is 0.470 e. The lowest BCUT2D eigenvalue weighted by molar-refractivity contribution is 0.293. The lowest BCUT2D eigenvalue weighted by Gasteiger charge is -2.10. The number of nitrogens with zero attached hydrogens (tertiary/aromatic N) is 3. The number of aryl methyl sites for hydroxylation is 1. The number of halogens is 2. The van der Waals surface area contributed by atoms with Crippen LogP contribution in [0.4, 0.5) is 0 Å². The quantitative estimate of drug-likeness (QED) is 0.551. The zero-order valence-corrected chi connectivity index (χ0v) is 15.9. The first-order valence-electron chi connectivity index (χ1n) is 8.02. The third-order valence-electron chi connectivity index (χ3n) is 4.32. The number of hydrogen-bond acceptors (Lipinski definition) is 3. The fourth-order valence-corrected chi connectivity index (χ4v) is 3.25. The van der Waals surface area contributed by atoms with Crippen molar-refractivity contribution in [2.75, 3.05) is 0 Å². The SMILES string of the molecule is C/C=C/Cn1c(C)c(C)c2cnnc(OCc3ccc(Cl)cc3Cl)c21. The topological polar surface area (TPSA) is 39.9 Å². The molecule has 0 unspecified atom stereocenters. The summed E-state index contributed by atoms with van der Waals surface area (Å²) in [6.07, 6.45) is 5.92. The molecular formula is C19H19Cl2N3O. The predicted molar refractivity (Wildman–Crippen MR) is 103 cm³/mol. The number of fused-ring (bicyclic) bond motifs is 1. The normalized spacial score (nSPS) is 11.6. The van der Waals surface area contributed by atoms with Crippen LogP contribution < -0.4 is 4.74 Å². The molecule has 25 heavy (non-hydrogen) atoms. The number of ether oxygens (including phenoxy) is 1. The lowest BCUT2D eigenvalue weighted by Crippen LogP contribution is -2.04. The highest BCUT2D eigenvalue weighted by atomic mass is 35.5. The van der Waals surface area contributed by atoms with Crippen LogP contribution in [0.5, 0.6) is 5.88 Å². The lowest BCUT2D eigenvalue weighted by atomic mass is 10.2. The third-order valence-corrected chi connectivity index (χ3v) is 4.90. The summed E-state index contributed by atoms with van der Waals surface area (Å²) in [6, 6.07) is 5.35. The number of rotatable bonds is 5. The van der Waals surface area contributed by atoms with Gasteiger partial charge in [-0.05, 0) is 38.5 Å². The van der Waals surface area contributed by atoms with Gasteiger partial charge in [0.05, 0.1) is 6.20 Å². The molecule has 1 aromatic carbocycles. The Labute approximate surface area is 157 Å². The van der Waals surface area contributed by atoms with E-state index in [0.717, 1.165) is 23.0 Å². The van der Waals surface area contributed by atoms with Crippen LogP contribution in [0, 0.1) is 13.8 Å². The minimum atomic E-state index is 0.302. The predicted octanol–water partition coefficient (Wildman–Crippen LogP) is 5.51. The van der Waals surface area contributed by atoms with Gasteiger partial charge in [-0.15, -0.1) is 5.10 Å². The van der Waals surface area contributed by atoms with E-state index in [0.29, 0.717) is 22.5 Å². The van der Waals surface area contributed by atoms with Crippen LogP contribution in [0.25, 0.3) is 10.9 Å². The first-order valence-corrected chi connectivity index (χ1v) is 8.77. The maximum absolute atomic E-state index is 6.23. The van der Waals surface area contributed by atoms with E-state index >= 15 is 0 Å². The second-order valence-electron chi connectivity index (χ2n) is 5.83. The molecule has 6 heteroatoms. The summed E-state index contributed by atoms with van der Waals surface area (Å²) in [6.45, 7) is 7.25. The Hall–Kier alpha value is -2.04. The van der Waals surface area contributed by atoms with Crippen molar-refractivity contribution < 1.29 is 4.74 Å². The molecule has 0 aliphatic heterocycles. The first-order chi connectivity index (χ1) is 12.0. The fourth-order valence-electron chi connectivity index (χ4n) is 2.78. The van der Waals surface area contributed by atoms with E-state index in [9.17, 15) is 0 Å². The molecule has 130 valence electrons. The van der Waals surface area contributed by atoms with Gasteiger partial charge in [0.1, 0.15) is 12.1 Å². The van der Waals surface area contributed by atoms with Gasteiger partial charge in [0.25, 0.3) is 5.88 Å². The van der Waals surface area contributed by atoms with Crippen LogP contribution in [-0.4, -0.2) is 14.8 Å². The molecule has 2 aromatic heterocycles. The van der Waals surface area contributed by atoms with Gasteiger partial charge in [-0.1, -0.05) is 41.4 Å². The molecule has 0 bridgehead atoms. The van der Waals surface area contributed by atoms with Gasteiger partial charge >= 0.3 is 0 Å². The third kappa shape index (κ3) is 3.51. The Morgan fingerprint density at radius 2 is 2.04 bits per heavy atom. The van der Waals surface area contributed by atoms with E-state index in [1.165, 1.54) is 11.3 Å². The Morgan fingerprint density at radius 3 is 2.76 bits per heavy atom. The van der Waals surface area contributed by atoms with E-state index in [2.05, 4.69) is 34.7 Å². The molecule has 0 fully saturated rings. The first kappa shape index (κ1) is 17.8. The van der Waals surface area contributed by atoms with Crippen LogP contribution in [0.3, 0.4) is 0 Å². The Morgan fingerprint density at radius 1 is 1.24 bits per heavy atom. The van der Waals surface area contributed by atoms with Crippen molar-refractivity contribution in [3.8, 4) is 5.88 Å². The van der Waals surface area contributed by atoms with E-state index in [1.54, 1.807) is 18.3 Å². The highest BCUT2D eigenvalue weighted by molar-refractivity contribution is 6.35. The monoisotopic (exact) mass is 375 g/mol. The summed E-state index contributed by atoms with van der Waals surface area (Å²) >= 11 is 12.2. The van der Waals surface area contributed by atoms with E-state index < -0.39 is 0 Å².